The van der Waals surface area contributed by atoms with E-state index in [2.05, 4.69) is 54.2 Å². The average molecular weight is 351 g/mol. The Hall–Kier alpha value is -1.05. The third kappa shape index (κ3) is 5.01. The standard InChI is InChI=1S/C17H23BrN2O/c1-16(2,3)20-11-13-10-14(18)4-5-15(13)21-12-17(6-7-17)8-9-19/h4-5,10,20H,6-8,11-12H2,1-3H3. The molecule has 1 saturated carbocycles. The maximum absolute atomic E-state index is 8.88. The molecule has 114 valence electrons. The zero-order valence-corrected chi connectivity index (χ0v) is 14.6. The molecule has 1 aromatic carbocycles. The highest BCUT2D eigenvalue weighted by Gasteiger charge is 2.43. The van der Waals surface area contributed by atoms with E-state index in [0.29, 0.717) is 13.0 Å². The Morgan fingerprint density at radius 2 is 2.10 bits per heavy atom. The minimum absolute atomic E-state index is 0.0676. The molecule has 0 spiro atoms. The molecule has 0 aromatic heterocycles. The molecular formula is C17H23BrN2O. The second-order valence-electron chi connectivity index (χ2n) is 6.98. The van der Waals surface area contributed by atoms with Gasteiger partial charge in [-0.1, -0.05) is 15.9 Å². The lowest BCUT2D eigenvalue weighted by Gasteiger charge is -2.22. The molecule has 2 rings (SSSR count). The predicted molar refractivity (Wildman–Crippen MR) is 88.1 cm³/mol. The van der Waals surface area contributed by atoms with Crippen molar-refractivity contribution in [3.63, 3.8) is 0 Å². The molecule has 0 heterocycles. The number of rotatable bonds is 6. The van der Waals surface area contributed by atoms with Crippen molar-refractivity contribution in [2.45, 2.75) is 52.1 Å². The summed E-state index contributed by atoms with van der Waals surface area (Å²) in [5.74, 6) is 0.916. The van der Waals surface area contributed by atoms with Crippen LogP contribution in [0.1, 0.15) is 45.6 Å². The van der Waals surface area contributed by atoms with Crippen LogP contribution in [0.5, 0.6) is 5.75 Å². The number of benzene rings is 1. The van der Waals surface area contributed by atoms with Gasteiger partial charge in [0.05, 0.1) is 12.7 Å². The normalized spacial score (nSPS) is 16.3. The van der Waals surface area contributed by atoms with E-state index in [1.807, 2.05) is 12.1 Å². The number of nitrogens with one attached hydrogen (secondary N) is 1. The fourth-order valence-corrected chi connectivity index (χ4v) is 2.54. The van der Waals surface area contributed by atoms with Gasteiger partial charge in [-0.05, 0) is 51.8 Å². The summed E-state index contributed by atoms with van der Waals surface area (Å²) in [4.78, 5) is 0. The van der Waals surface area contributed by atoms with Crippen molar-refractivity contribution in [3.05, 3.63) is 28.2 Å². The first-order chi connectivity index (χ1) is 9.84. The first-order valence-electron chi connectivity index (χ1n) is 7.37. The fourth-order valence-electron chi connectivity index (χ4n) is 2.13. The molecule has 0 radical (unpaired) electrons. The van der Waals surface area contributed by atoms with Crippen molar-refractivity contribution in [1.29, 1.82) is 5.26 Å². The Bertz CT molecular complexity index is 539. The summed E-state index contributed by atoms with van der Waals surface area (Å²) in [6, 6.07) is 8.38. The molecule has 4 heteroatoms. The lowest BCUT2D eigenvalue weighted by molar-refractivity contribution is 0.234. The van der Waals surface area contributed by atoms with Gasteiger partial charge in [-0.2, -0.15) is 5.26 Å². The molecule has 0 aliphatic heterocycles. The minimum atomic E-state index is 0.0676. The van der Waals surface area contributed by atoms with Crippen LogP contribution in [0, 0.1) is 16.7 Å². The van der Waals surface area contributed by atoms with Crippen LogP contribution >= 0.6 is 15.9 Å². The van der Waals surface area contributed by atoms with Crippen LogP contribution in [-0.2, 0) is 6.54 Å². The van der Waals surface area contributed by atoms with Crippen LogP contribution in [0.4, 0.5) is 0 Å². The number of nitriles is 1. The predicted octanol–water partition coefficient (Wildman–Crippen LogP) is 4.41. The lowest BCUT2D eigenvalue weighted by Crippen LogP contribution is -2.35. The molecule has 0 unspecified atom stereocenters. The van der Waals surface area contributed by atoms with Crippen LogP contribution in [0.25, 0.3) is 0 Å². The Labute approximate surface area is 135 Å². The van der Waals surface area contributed by atoms with Gasteiger partial charge in [-0.3, -0.25) is 0 Å². The van der Waals surface area contributed by atoms with Crippen LogP contribution in [0.15, 0.2) is 22.7 Å². The molecule has 1 aliphatic rings. The van der Waals surface area contributed by atoms with E-state index in [-0.39, 0.29) is 11.0 Å². The average Bonchev–Trinajstić information content (AvgIpc) is 3.15. The number of halogens is 1. The smallest absolute Gasteiger partial charge is 0.123 e. The molecule has 1 aromatic rings. The topological polar surface area (TPSA) is 45.0 Å². The van der Waals surface area contributed by atoms with Gasteiger partial charge in [0.25, 0.3) is 0 Å². The van der Waals surface area contributed by atoms with Gasteiger partial charge in [0.1, 0.15) is 5.75 Å². The van der Waals surface area contributed by atoms with E-state index in [0.717, 1.165) is 35.2 Å². The van der Waals surface area contributed by atoms with Gasteiger partial charge >= 0.3 is 0 Å². The van der Waals surface area contributed by atoms with Gasteiger partial charge in [-0.25, -0.2) is 0 Å². The molecule has 1 N–H and O–H groups in total. The van der Waals surface area contributed by atoms with Crippen molar-refractivity contribution in [2.24, 2.45) is 5.41 Å². The molecule has 0 amide bonds. The van der Waals surface area contributed by atoms with Gasteiger partial charge in [0.2, 0.25) is 0 Å². The van der Waals surface area contributed by atoms with Crippen LogP contribution in [0.3, 0.4) is 0 Å². The molecule has 0 atom stereocenters. The highest BCUT2D eigenvalue weighted by Crippen LogP contribution is 2.48. The molecular weight excluding hydrogens is 328 g/mol. The molecule has 0 bridgehead atoms. The first-order valence-corrected chi connectivity index (χ1v) is 8.16. The zero-order valence-electron chi connectivity index (χ0n) is 13.0. The van der Waals surface area contributed by atoms with E-state index < -0.39 is 0 Å². The summed E-state index contributed by atoms with van der Waals surface area (Å²) in [6.45, 7) is 7.86. The van der Waals surface area contributed by atoms with Gasteiger partial charge in [0, 0.05) is 34.0 Å². The van der Waals surface area contributed by atoms with Crippen molar-refractivity contribution in [1.82, 2.24) is 5.32 Å². The highest BCUT2D eigenvalue weighted by atomic mass is 79.9. The van der Waals surface area contributed by atoms with E-state index in [9.17, 15) is 0 Å². The molecule has 1 fully saturated rings. The van der Waals surface area contributed by atoms with E-state index >= 15 is 0 Å². The van der Waals surface area contributed by atoms with Crippen LogP contribution in [-0.4, -0.2) is 12.1 Å². The molecule has 1 aliphatic carbocycles. The van der Waals surface area contributed by atoms with Crippen molar-refractivity contribution in [2.75, 3.05) is 6.61 Å². The summed E-state index contributed by atoms with van der Waals surface area (Å²) >= 11 is 3.52. The monoisotopic (exact) mass is 350 g/mol. The first kappa shape index (κ1) is 16.3. The lowest BCUT2D eigenvalue weighted by atomic mass is 10.1. The summed E-state index contributed by atoms with van der Waals surface area (Å²) in [7, 11) is 0. The van der Waals surface area contributed by atoms with Gasteiger partial charge < -0.3 is 10.1 Å². The summed E-state index contributed by atoms with van der Waals surface area (Å²) in [5, 5.41) is 12.4. The van der Waals surface area contributed by atoms with Crippen molar-refractivity contribution < 1.29 is 4.74 Å². The number of ether oxygens (including phenoxy) is 1. The van der Waals surface area contributed by atoms with E-state index in [1.54, 1.807) is 0 Å². The van der Waals surface area contributed by atoms with Crippen molar-refractivity contribution >= 4 is 15.9 Å². The second kappa shape index (κ2) is 6.37. The largest absolute Gasteiger partial charge is 0.493 e. The summed E-state index contributed by atoms with van der Waals surface area (Å²) in [6.07, 6.45) is 2.80. The zero-order chi connectivity index (χ0) is 15.5. The number of hydrogen-bond acceptors (Lipinski definition) is 3. The Morgan fingerprint density at radius 3 is 2.67 bits per heavy atom. The Kier molecular flexibility index (Phi) is 4.95. The third-order valence-corrected chi connectivity index (χ3v) is 4.27. The summed E-state index contributed by atoms with van der Waals surface area (Å²) < 4.78 is 7.08. The summed E-state index contributed by atoms with van der Waals surface area (Å²) in [5.41, 5.74) is 1.32. The number of nitrogens with zero attached hydrogens (tertiary/aromatic N) is 1. The maximum Gasteiger partial charge on any atom is 0.123 e. The molecule has 0 saturated heterocycles. The molecule has 21 heavy (non-hydrogen) atoms. The van der Waals surface area contributed by atoms with Gasteiger partial charge in [-0.15, -0.1) is 0 Å². The third-order valence-electron chi connectivity index (χ3n) is 3.78. The SMILES string of the molecule is CC(C)(C)NCc1cc(Br)ccc1OCC1(CC#N)CC1. The highest BCUT2D eigenvalue weighted by molar-refractivity contribution is 9.10. The fraction of sp³-hybridized carbons (Fsp3) is 0.588. The van der Waals surface area contributed by atoms with E-state index in [4.69, 9.17) is 10.00 Å². The minimum Gasteiger partial charge on any atom is -0.493 e. The quantitative estimate of drug-likeness (QED) is 0.826. The van der Waals surface area contributed by atoms with E-state index in [1.165, 1.54) is 0 Å². The van der Waals surface area contributed by atoms with Gasteiger partial charge in [0.15, 0.2) is 0 Å². The molecule has 3 nitrogen and oxygen atoms in total. The van der Waals surface area contributed by atoms with Crippen LogP contribution in [0.2, 0.25) is 0 Å². The maximum atomic E-state index is 8.88. The number of hydrogen-bond donors (Lipinski definition) is 1. The van der Waals surface area contributed by atoms with Crippen molar-refractivity contribution in [3.8, 4) is 11.8 Å². The Morgan fingerprint density at radius 1 is 1.38 bits per heavy atom. The van der Waals surface area contributed by atoms with Crippen LogP contribution < -0.4 is 10.1 Å². The Balaban J connectivity index is 2.03. The second-order valence-corrected chi connectivity index (χ2v) is 7.89.